The van der Waals surface area contributed by atoms with E-state index in [1.165, 1.54) is 5.56 Å². The maximum absolute atomic E-state index is 4.36. The van der Waals surface area contributed by atoms with Crippen LogP contribution < -0.4 is 5.32 Å². The minimum Gasteiger partial charge on any atom is -0.309 e. The molecule has 2 aromatic rings. The summed E-state index contributed by atoms with van der Waals surface area (Å²) >= 11 is 1.73. The zero-order valence-electron chi connectivity index (χ0n) is 9.26. The molecule has 2 rings (SSSR count). The van der Waals surface area contributed by atoms with Crippen molar-refractivity contribution in [1.29, 1.82) is 0 Å². The van der Waals surface area contributed by atoms with Gasteiger partial charge in [0.2, 0.25) is 0 Å². The van der Waals surface area contributed by atoms with Crippen molar-refractivity contribution in [1.82, 2.24) is 15.3 Å². The molecule has 0 bridgehead atoms. The lowest BCUT2D eigenvalue weighted by Gasteiger charge is -2.16. The Balaban J connectivity index is 2.11. The maximum Gasteiger partial charge on any atom is 0.0759 e. The third-order valence-electron chi connectivity index (χ3n) is 2.41. The molecule has 0 aromatic carbocycles. The molecule has 16 heavy (non-hydrogen) atoms. The summed E-state index contributed by atoms with van der Waals surface area (Å²) in [5, 5.41) is 7.73. The van der Waals surface area contributed by atoms with Crippen molar-refractivity contribution < 1.29 is 0 Å². The first kappa shape index (κ1) is 11.2. The number of aromatic nitrogens is 2. The van der Waals surface area contributed by atoms with Crippen molar-refractivity contribution in [3.63, 3.8) is 0 Å². The highest BCUT2D eigenvalue weighted by molar-refractivity contribution is 7.07. The van der Waals surface area contributed by atoms with E-state index in [4.69, 9.17) is 0 Å². The standard InChI is InChI=1S/C12H15N3S/c1-2-14-11(7-10-3-6-16-9-10)12-8-13-4-5-15-12/h3-6,8-9,11,14H,2,7H2,1H3. The Hall–Kier alpha value is -1.26. The normalized spacial score (nSPS) is 12.6. The van der Waals surface area contributed by atoms with Crippen LogP contribution in [0.3, 0.4) is 0 Å². The van der Waals surface area contributed by atoms with Crippen molar-refractivity contribution >= 4 is 11.3 Å². The van der Waals surface area contributed by atoms with Crippen LogP contribution in [0.4, 0.5) is 0 Å². The van der Waals surface area contributed by atoms with Gasteiger partial charge in [0, 0.05) is 18.6 Å². The number of likely N-dealkylation sites (N-methyl/N-ethyl adjacent to an activating group) is 1. The molecular formula is C12H15N3S. The maximum atomic E-state index is 4.36. The van der Waals surface area contributed by atoms with E-state index in [-0.39, 0.29) is 6.04 Å². The van der Waals surface area contributed by atoms with E-state index in [0.717, 1.165) is 18.7 Å². The zero-order chi connectivity index (χ0) is 11.2. The molecule has 0 amide bonds. The van der Waals surface area contributed by atoms with Crippen LogP contribution in [0.1, 0.15) is 24.2 Å². The number of rotatable bonds is 5. The summed E-state index contributed by atoms with van der Waals surface area (Å²) in [7, 11) is 0. The molecule has 0 aliphatic carbocycles. The molecule has 1 atom stereocenters. The van der Waals surface area contributed by atoms with Crippen molar-refractivity contribution in [3.05, 3.63) is 46.7 Å². The molecule has 4 heteroatoms. The van der Waals surface area contributed by atoms with Gasteiger partial charge in [-0.3, -0.25) is 9.97 Å². The average Bonchev–Trinajstić information content (AvgIpc) is 2.83. The lowest BCUT2D eigenvalue weighted by Crippen LogP contribution is -2.23. The second-order valence-corrected chi connectivity index (χ2v) is 4.36. The highest BCUT2D eigenvalue weighted by Crippen LogP contribution is 2.17. The van der Waals surface area contributed by atoms with Crippen LogP contribution in [0, 0.1) is 0 Å². The first-order chi connectivity index (χ1) is 7.90. The van der Waals surface area contributed by atoms with Gasteiger partial charge in [0.25, 0.3) is 0 Å². The van der Waals surface area contributed by atoms with Gasteiger partial charge in [0.15, 0.2) is 0 Å². The topological polar surface area (TPSA) is 37.8 Å². The number of nitrogens with zero attached hydrogens (tertiary/aromatic N) is 2. The van der Waals surface area contributed by atoms with E-state index in [1.807, 2.05) is 6.20 Å². The fraction of sp³-hybridized carbons (Fsp3) is 0.333. The zero-order valence-corrected chi connectivity index (χ0v) is 10.1. The molecule has 1 N–H and O–H groups in total. The van der Waals surface area contributed by atoms with Gasteiger partial charge in [-0.1, -0.05) is 6.92 Å². The summed E-state index contributed by atoms with van der Waals surface area (Å²) in [6, 6.07) is 2.42. The van der Waals surface area contributed by atoms with Gasteiger partial charge in [-0.25, -0.2) is 0 Å². The fourth-order valence-electron chi connectivity index (χ4n) is 1.66. The molecule has 1 unspecified atom stereocenters. The molecule has 0 fully saturated rings. The molecule has 2 aromatic heterocycles. The Morgan fingerprint density at radius 2 is 2.38 bits per heavy atom. The molecule has 0 aliphatic heterocycles. The fourth-order valence-corrected chi connectivity index (χ4v) is 2.34. The highest BCUT2D eigenvalue weighted by atomic mass is 32.1. The van der Waals surface area contributed by atoms with Gasteiger partial charge >= 0.3 is 0 Å². The quantitative estimate of drug-likeness (QED) is 0.862. The Bertz CT molecular complexity index is 399. The average molecular weight is 233 g/mol. The van der Waals surface area contributed by atoms with Gasteiger partial charge in [-0.2, -0.15) is 11.3 Å². The Morgan fingerprint density at radius 3 is 3.00 bits per heavy atom. The summed E-state index contributed by atoms with van der Waals surface area (Å²) in [6.45, 7) is 3.04. The first-order valence-corrected chi connectivity index (χ1v) is 6.34. The van der Waals surface area contributed by atoms with E-state index in [2.05, 4.69) is 39.0 Å². The van der Waals surface area contributed by atoms with E-state index < -0.39 is 0 Å². The van der Waals surface area contributed by atoms with Crippen molar-refractivity contribution in [2.24, 2.45) is 0 Å². The van der Waals surface area contributed by atoms with Gasteiger partial charge in [0.05, 0.1) is 11.7 Å². The Kier molecular flexibility index (Phi) is 4.02. The molecule has 3 nitrogen and oxygen atoms in total. The van der Waals surface area contributed by atoms with E-state index in [0.29, 0.717) is 0 Å². The second kappa shape index (κ2) is 5.72. The summed E-state index contributed by atoms with van der Waals surface area (Å²) in [5.41, 5.74) is 2.36. The SMILES string of the molecule is CCNC(Cc1ccsc1)c1cnccn1. The largest absolute Gasteiger partial charge is 0.309 e. The van der Waals surface area contributed by atoms with E-state index in [9.17, 15) is 0 Å². The number of hydrogen-bond donors (Lipinski definition) is 1. The predicted octanol–water partition coefficient (Wildman–Crippen LogP) is 2.43. The van der Waals surface area contributed by atoms with Crippen molar-refractivity contribution in [2.45, 2.75) is 19.4 Å². The third kappa shape index (κ3) is 2.87. The number of hydrogen-bond acceptors (Lipinski definition) is 4. The summed E-state index contributed by atoms with van der Waals surface area (Å²) in [5.74, 6) is 0. The minimum atomic E-state index is 0.258. The highest BCUT2D eigenvalue weighted by Gasteiger charge is 2.12. The monoisotopic (exact) mass is 233 g/mol. The lowest BCUT2D eigenvalue weighted by molar-refractivity contribution is 0.535. The molecule has 0 spiro atoms. The van der Waals surface area contributed by atoms with Gasteiger partial charge in [-0.05, 0) is 35.4 Å². The van der Waals surface area contributed by atoms with Crippen LogP contribution >= 0.6 is 11.3 Å². The minimum absolute atomic E-state index is 0.258. The van der Waals surface area contributed by atoms with Crippen LogP contribution in [0.25, 0.3) is 0 Å². The lowest BCUT2D eigenvalue weighted by atomic mass is 10.1. The van der Waals surface area contributed by atoms with E-state index in [1.54, 1.807) is 23.7 Å². The summed E-state index contributed by atoms with van der Waals surface area (Å²) in [6.07, 6.45) is 6.25. The third-order valence-corrected chi connectivity index (χ3v) is 3.14. The second-order valence-electron chi connectivity index (χ2n) is 3.58. The van der Waals surface area contributed by atoms with Gasteiger partial charge < -0.3 is 5.32 Å². The van der Waals surface area contributed by atoms with Gasteiger partial charge in [0.1, 0.15) is 0 Å². The van der Waals surface area contributed by atoms with Crippen LogP contribution in [0.5, 0.6) is 0 Å². The molecule has 0 aliphatic rings. The summed E-state index contributed by atoms with van der Waals surface area (Å²) in [4.78, 5) is 8.47. The Labute approximate surface area is 99.6 Å². The number of thiophene rings is 1. The van der Waals surface area contributed by atoms with Crippen molar-refractivity contribution in [2.75, 3.05) is 6.54 Å². The molecular weight excluding hydrogens is 218 g/mol. The van der Waals surface area contributed by atoms with Crippen LogP contribution in [-0.4, -0.2) is 16.5 Å². The molecule has 2 heterocycles. The molecule has 0 saturated heterocycles. The number of nitrogens with one attached hydrogen (secondary N) is 1. The van der Waals surface area contributed by atoms with Crippen molar-refractivity contribution in [3.8, 4) is 0 Å². The smallest absolute Gasteiger partial charge is 0.0759 e. The van der Waals surface area contributed by atoms with Crippen LogP contribution in [-0.2, 0) is 6.42 Å². The summed E-state index contributed by atoms with van der Waals surface area (Å²) < 4.78 is 0. The first-order valence-electron chi connectivity index (χ1n) is 5.40. The molecule has 84 valence electrons. The van der Waals surface area contributed by atoms with Gasteiger partial charge in [-0.15, -0.1) is 0 Å². The molecule has 0 radical (unpaired) electrons. The van der Waals surface area contributed by atoms with Crippen LogP contribution in [0.2, 0.25) is 0 Å². The molecule has 0 saturated carbocycles. The predicted molar refractivity (Wildman–Crippen MR) is 66.5 cm³/mol. The Morgan fingerprint density at radius 1 is 1.44 bits per heavy atom. The van der Waals surface area contributed by atoms with Crippen LogP contribution in [0.15, 0.2) is 35.4 Å². The van der Waals surface area contributed by atoms with E-state index >= 15 is 0 Å².